The molecule has 1 amide bonds. The number of para-hydroxylation sites is 1. The highest BCUT2D eigenvalue weighted by Gasteiger charge is 2.29. The van der Waals surface area contributed by atoms with Crippen molar-refractivity contribution in [2.45, 2.75) is 45.5 Å². The van der Waals surface area contributed by atoms with Gasteiger partial charge in [-0.2, -0.15) is 0 Å². The fourth-order valence-corrected chi connectivity index (χ4v) is 2.94. The van der Waals surface area contributed by atoms with Crippen molar-refractivity contribution in [3.05, 3.63) is 29.8 Å². The van der Waals surface area contributed by atoms with E-state index in [0.717, 1.165) is 11.3 Å². The largest absolute Gasteiger partial charge is 0.350 e. The van der Waals surface area contributed by atoms with Crippen LogP contribution in [0.25, 0.3) is 0 Å². The zero-order chi connectivity index (χ0) is 16.3. The zero-order valence-electron chi connectivity index (χ0n) is 13.6. The molecular formula is C17H24BrNO3. The van der Waals surface area contributed by atoms with Crippen LogP contribution in [0.15, 0.2) is 24.3 Å². The summed E-state index contributed by atoms with van der Waals surface area (Å²) in [5, 5.41) is 0.286. The van der Waals surface area contributed by atoms with Gasteiger partial charge in [0.15, 0.2) is 6.29 Å². The molecule has 0 bridgehead atoms. The number of carbonyl (C=O) groups excluding carboxylic acids is 1. The molecule has 2 unspecified atom stereocenters. The van der Waals surface area contributed by atoms with Crippen LogP contribution in [0.2, 0.25) is 0 Å². The number of carbonyl (C=O) groups is 1. The number of benzene rings is 1. The quantitative estimate of drug-likeness (QED) is 0.762. The molecule has 4 nitrogen and oxygen atoms in total. The summed E-state index contributed by atoms with van der Waals surface area (Å²) in [5.41, 5.74) is 2.06. The highest BCUT2D eigenvalue weighted by molar-refractivity contribution is 9.09. The first-order chi connectivity index (χ1) is 10.3. The minimum Gasteiger partial charge on any atom is -0.350 e. The second-order valence-corrected chi connectivity index (χ2v) is 7.12. The maximum Gasteiger partial charge on any atom is 0.237 e. The molecule has 0 aliphatic carbocycles. The molecule has 1 aliphatic heterocycles. The topological polar surface area (TPSA) is 38.8 Å². The van der Waals surface area contributed by atoms with Gasteiger partial charge in [-0.25, -0.2) is 0 Å². The Bertz CT molecular complexity index is 527. The van der Waals surface area contributed by atoms with Gasteiger partial charge in [0, 0.05) is 5.69 Å². The van der Waals surface area contributed by atoms with E-state index in [1.165, 1.54) is 0 Å². The Hall–Kier alpha value is -0.910. The molecule has 1 aliphatic rings. The molecule has 0 saturated carbocycles. The normalized spacial score (nSPS) is 21.9. The van der Waals surface area contributed by atoms with Gasteiger partial charge in [0.25, 0.3) is 0 Å². The molecule has 1 aromatic carbocycles. The Labute approximate surface area is 140 Å². The molecular weight excluding hydrogens is 346 g/mol. The lowest BCUT2D eigenvalue weighted by atomic mass is 9.85. The molecule has 0 spiro atoms. The molecule has 5 heteroatoms. The van der Waals surface area contributed by atoms with Crippen LogP contribution < -0.4 is 4.90 Å². The zero-order valence-corrected chi connectivity index (χ0v) is 15.2. The number of rotatable bonds is 4. The molecule has 122 valence electrons. The molecule has 1 heterocycles. The van der Waals surface area contributed by atoms with E-state index in [1.807, 2.05) is 25.1 Å². The first kappa shape index (κ1) is 17.4. The maximum atomic E-state index is 12.4. The second kappa shape index (κ2) is 7.11. The molecule has 1 aromatic rings. The Morgan fingerprint density at radius 1 is 1.36 bits per heavy atom. The fourth-order valence-electron chi connectivity index (χ4n) is 2.64. The molecule has 2 atom stereocenters. The maximum absolute atomic E-state index is 12.4. The van der Waals surface area contributed by atoms with Crippen LogP contribution in [0.4, 0.5) is 5.69 Å². The second-order valence-electron chi connectivity index (χ2n) is 6.56. The Morgan fingerprint density at radius 3 is 2.59 bits per heavy atom. The summed E-state index contributed by atoms with van der Waals surface area (Å²) in [7, 11) is 0. The molecule has 2 rings (SSSR count). The van der Waals surface area contributed by atoms with E-state index in [-0.39, 0.29) is 29.0 Å². The van der Waals surface area contributed by atoms with E-state index < -0.39 is 0 Å². The third kappa shape index (κ3) is 4.09. The Balaban J connectivity index is 2.32. The summed E-state index contributed by atoms with van der Waals surface area (Å²) in [6.45, 7) is 9.35. The average molecular weight is 370 g/mol. The van der Waals surface area contributed by atoms with Gasteiger partial charge in [0.1, 0.15) is 6.10 Å². The summed E-state index contributed by atoms with van der Waals surface area (Å²) in [6, 6.07) is 8.06. The fraction of sp³-hybridized carbons (Fsp3) is 0.588. The van der Waals surface area contributed by atoms with E-state index in [9.17, 15) is 4.79 Å². The number of nitrogens with zero attached hydrogens (tertiary/aromatic N) is 1. The standard InChI is InChI=1S/C17H24BrNO3/c1-12-21-11-13(22-12)10-19(16(20)9-18)15-8-6-5-7-14(15)17(2,3)4/h5-8,12-13H,9-11H2,1-4H3. The number of hydrogen-bond donors (Lipinski definition) is 0. The van der Waals surface area contributed by atoms with Gasteiger partial charge < -0.3 is 14.4 Å². The SMILES string of the molecule is CC1OCC(CN(C(=O)CBr)c2ccccc2C(C)(C)C)O1. The van der Waals surface area contributed by atoms with Crippen molar-refractivity contribution in [2.24, 2.45) is 0 Å². The summed E-state index contributed by atoms with van der Waals surface area (Å²) in [4.78, 5) is 14.3. The lowest BCUT2D eigenvalue weighted by molar-refractivity contribution is -0.116. The molecule has 1 fully saturated rings. The lowest BCUT2D eigenvalue weighted by Crippen LogP contribution is -2.40. The van der Waals surface area contributed by atoms with Crippen molar-refractivity contribution < 1.29 is 14.3 Å². The first-order valence-electron chi connectivity index (χ1n) is 7.56. The van der Waals surface area contributed by atoms with E-state index in [0.29, 0.717) is 13.2 Å². The van der Waals surface area contributed by atoms with Crippen LogP contribution in [0.1, 0.15) is 33.3 Å². The molecule has 0 N–H and O–H groups in total. The van der Waals surface area contributed by atoms with E-state index in [2.05, 4.69) is 42.8 Å². The third-order valence-electron chi connectivity index (χ3n) is 3.71. The van der Waals surface area contributed by atoms with E-state index in [4.69, 9.17) is 9.47 Å². The number of anilines is 1. The van der Waals surface area contributed by atoms with Gasteiger partial charge in [-0.15, -0.1) is 0 Å². The molecule has 0 radical (unpaired) electrons. The summed E-state index contributed by atoms with van der Waals surface area (Å²) < 4.78 is 11.1. The van der Waals surface area contributed by atoms with E-state index in [1.54, 1.807) is 4.90 Å². The van der Waals surface area contributed by atoms with E-state index >= 15 is 0 Å². The highest BCUT2D eigenvalue weighted by Crippen LogP contribution is 2.32. The number of ether oxygens (including phenoxy) is 2. The third-order valence-corrected chi connectivity index (χ3v) is 4.19. The van der Waals surface area contributed by atoms with Crippen molar-refractivity contribution in [1.29, 1.82) is 0 Å². The van der Waals surface area contributed by atoms with Gasteiger partial charge >= 0.3 is 0 Å². The molecule has 22 heavy (non-hydrogen) atoms. The van der Waals surface area contributed by atoms with Crippen molar-refractivity contribution >= 4 is 27.5 Å². The minimum absolute atomic E-state index is 0.0276. The van der Waals surface area contributed by atoms with Crippen LogP contribution in [-0.2, 0) is 19.7 Å². The van der Waals surface area contributed by atoms with Gasteiger partial charge in [-0.1, -0.05) is 54.9 Å². The van der Waals surface area contributed by atoms with Crippen LogP contribution in [0.3, 0.4) is 0 Å². The Kier molecular flexibility index (Phi) is 5.64. The highest BCUT2D eigenvalue weighted by atomic mass is 79.9. The summed E-state index contributed by atoms with van der Waals surface area (Å²) in [6.07, 6.45) is -0.296. The van der Waals surface area contributed by atoms with Crippen LogP contribution in [-0.4, -0.2) is 36.8 Å². The minimum atomic E-state index is -0.205. The summed E-state index contributed by atoms with van der Waals surface area (Å²) >= 11 is 3.29. The van der Waals surface area contributed by atoms with Gasteiger partial charge in [0.2, 0.25) is 5.91 Å². The predicted octanol–water partition coefficient (Wildman–Crippen LogP) is 3.47. The van der Waals surface area contributed by atoms with Gasteiger partial charge in [0.05, 0.1) is 18.5 Å². The van der Waals surface area contributed by atoms with Gasteiger partial charge in [-0.05, 0) is 24.0 Å². The molecule has 1 saturated heterocycles. The summed E-state index contributed by atoms with van der Waals surface area (Å²) in [5.74, 6) is 0.0276. The average Bonchev–Trinajstić information content (AvgIpc) is 2.88. The van der Waals surface area contributed by atoms with Crippen LogP contribution in [0.5, 0.6) is 0 Å². The van der Waals surface area contributed by atoms with Crippen molar-refractivity contribution in [1.82, 2.24) is 0 Å². The number of hydrogen-bond acceptors (Lipinski definition) is 3. The van der Waals surface area contributed by atoms with Crippen molar-refractivity contribution in [3.63, 3.8) is 0 Å². The predicted molar refractivity (Wildman–Crippen MR) is 91.6 cm³/mol. The number of halogens is 1. The first-order valence-corrected chi connectivity index (χ1v) is 8.68. The van der Waals surface area contributed by atoms with Crippen molar-refractivity contribution in [3.8, 4) is 0 Å². The smallest absolute Gasteiger partial charge is 0.237 e. The molecule has 0 aromatic heterocycles. The number of alkyl halides is 1. The van der Waals surface area contributed by atoms with Crippen LogP contribution in [0, 0.1) is 0 Å². The number of amides is 1. The van der Waals surface area contributed by atoms with Crippen molar-refractivity contribution in [2.75, 3.05) is 23.4 Å². The lowest BCUT2D eigenvalue weighted by Gasteiger charge is -2.31. The van der Waals surface area contributed by atoms with Crippen LogP contribution >= 0.6 is 15.9 Å². The van der Waals surface area contributed by atoms with Gasteiger partial charge in [-0.3, -0.25) is 4.79 Å². The Morgan fingerprint density at radius 2 is 2.05 bits per heavy atom. The monoisotopic (exact) mass is 369 g/mol.